The summed E-state index contributed by atoms with van der Waals surface area (Å²) < 4.78 is 6.16. The molecule has 0 heterocycles. The first-order valence-electron chi connectivity index (χ1n) is 17.0. The minimum Gasteiger partial charge on any atom is -0.328 e. The smallest absolute Gasteiger partial charge is 0.328 e. The Bertz CT molecular complexity index is 910. The fourth-order valence-corrected chi connectivity index (χ4v) is 6.55. The Kier molecular flexibility index (Phi) is 16.3. The third kappa shape index (κ3) is 12.8. The van der Waals surface area contributed by atoms with Crippen LogP contribution in [0.15, 0.2) is 48.5 Å². The van der Waals surface area contributed by atoms with Crippen LogP contribution < -0.4 is 0 Å². The van der Waals surface area contributed by atoms with Crippen LogP contribution >= 0.6 is 8.60 Å². The SMILES string of the molecule is CCCCCCCCCCCCCCCCCC(OP(O)O)(c1ccc(C(C)(C)C)cc1)c1ccc(C(C)(C)C)cc1. The lowest BCUT2D eigenvalue weighted by atomic mass is 9.78. The van der Waals surface area contributed by atoms with Crippen LogP contribution in [0.1, 0.15) is 173 Å². The van der Waals surface area contributed by atoms with Gasteiger partial charge in [0.25, 0.3) is 0 Å². The van der Waals surface area contributed by atoms with Gasteiger partial charge in [-0.25, -0.2) is 0 Å². The summed E-state index contributed by atoms with van der Waals surface area (Å²) >= 11 is 0. The minimum absolute atomic E-state index is 0.0469. The van der Waals surface area contributed by atoms with E-state index < -0.39 is 14.2 Å². The van der Waals surface area contributed by atoms with Gasteiger partial charge in [-0.3, -0.25) is 4.52 Å². The Labute approximate surface area is 260 Å². The molecule has 0 radical (unpaired) electrons. The van der Waals surface area contributed by atoms with E-state index in [2.05, 4.69) is 97.0 Å². The molecule has 0 aromatic heterocycles. The van der Waals surface area contributed by atoms with E-state index in [0.717, 1.165) is 30.4 Å². The van der Waals surface area contributed by atoms with E-state index in [4.69, 9.17) is 4.52 Å². The van der Waals surface area contributed by atoms with Crippen LogP contribution in [0.4, 0.5) is 0 Å². The van der Waals surface area contributed by atoms with E-state index in [1.807, 2.05) is 0 Å². The Morgan fingerprint density at radius 3 is 1.05 bits per heavy atom. The summed E-state index contributed by atoms with van der Waals surface area (Å²) in [7, 11) is -2.54. The average Bonchev–Trinajstić information content (AvgIpc) is 2.93. The number of rotatable bonds is 20. The molecule has 2 N–H and O–H groups in total. The highest BCUT2D eigenvalue weighted by Gasteiger charge is 2.38. The maximum absolute atomic E-state index is 10.2. The molecule has 2 rings (SSSR count). The largest absolute Gasteiger partial charge is 0.328 e. The molecule has 0 fully saturated rings. The molecular formula is C38H63O3P. The molecule has 238 valence electrons. The van der Waals surface area contributed by atoms with Crippen LogP contribution in [-0.4, -0.2) is 9.79 Å². The van der Waals surface area contributed by atoms with Crippen LogP contribution in [-0.2, 0) is 21.0 Å². The van der Waals surface area contributed by atoms with Gasteiger partial charge in [0.1, 0.15) is 5.60 Å². The second kappa shape index (κ2) is 18.5. The van der Waals surface area contributed by atoms with E-state index in [9.17, 15) is 9.79 Å². The van der Waals surface area contributed by atoms with Gasteiger partial charge in [-0.2, -0.15) is 0 Å². The summed E-state index contributed by atoms with van der Waals surface area (Å²) in [5, 5.41) is 0. The first kappa shape index (κ1) is 36.9. The summed E-state index contributed by atoms with van der Waals surface area (Å²) in [5.74, 6) is 0. The molecule has 0 amide bonds. The maximum Gasteiger partial charge on any atom is 0.328 e. The summed E-state index contributed by atoms with van der Waals surface area (Å²) in [6.07, 6.45) is 20.5. The zero-order chi connectivity index (χ0) is 31.1. The molecule has 0 bridgehead atoms. The van der Waals surface area contributed by atoms with E-state index in [-0.39, 0.29) is 10.8 Å². The Morgan fingerprint density at radius 2 is 0.762 bits per heavy atom. The van der Waals surface area contributed by atoms with Crippen molar-refractivity contribution in [1.29, 1.82) is 0 Å². The second-order valence-corrected chi connectivity index (χ2v) is 15.2. The molecule has 2 aromatic carbocycles. The summed E-state index contributed by atoms with van der Waals surface area (Å²) in [6.45, 7) is 15.6. The van der Waals surface area contributed by atoms with Gasteiger partial charge in [0.2, 0.25) is 0 Å². The monoisotopic (exact) mass is 598 g/mol. The number of hydrogen-bond donors (Lipinski definition) is 2. The van der Waals surface area contributed by atoms with Crippen molar-refractivity contribution in [1.82, 2.24) is 0 Å². The van der Waals surface area contributed by atoms with Crippen molar-refractivity contribution in [3.8, 4) is 0 Å². The predicted octanol–water partition coefficient (Wildman–Crippen LogP) is 12.0. The lowest BCUT2D eigenvalue weighted by Crippen LogP contribution is -2.30. The molecule has 0 atom stereocenters. The van der Waals surface area contributed by atoms with Gasteiger partial charge in [-0.15, -0.1) is 0 Å². The zero-order valence-corrected chi connectivity index (χ0v) is 29.1. The molecule has 2 aromatic rings. The number of unbranched alkanes of at least 4 members (excludes halogenated alkanes) is 14. The van der Waals surface area contributed by atoms with Gasteiger partial charge in [0.05, 0.1) is 0 Å². The molecule has 0 saturated carbocycles. The molecule has 4 heteroatoms. The average molecular weight is 599 g/mol. The van der Waals surface area contributed by atoms with Crippen molar-refractivity contribution >= 4 is 8.60 Å². The van der Waals surface area contributed by atoms with Crippen LogP contribution in [0.25, 0.3) is 0 Å². The molecular weight excluding hydrogens is 535 g/mol. The van der Waals surface area contributed by atoms with Crippen molar-refractivity contribution in [2.75, 3.05) is 0 Å². The van der Waals surface area contributed by atoms with Gasteiger partial charge in [0, 0.05) is 0 Å². The van der Waals surface area contributed by atoms with Crippen LogP contribution in [0, 0.1) is 0 Å². The van der Waals surface area contributed by atoms with E-state index in [1.165, 1.54) is 94.6 Å². The summed E-state index contributed by atoms with van der Waals surface area (Å²) in [4.78, 5) is 20.4. The molecule has 0 aliphatic carbocycles. The Morgan fingerprint density at radius 1 is 0.476 bits per heavy atom. The quantitative estimate of drug-likeness (QED) is 0.118. The van der Waals surface area contributed by atoms with Gasteiger partial charge < -0.3 is 9.79 Å². The summed E-state index contributed by atoms with van der Waals surface area (Å²) in [6, 6.07) is 17.2. The summed E-state index contributed by atoms with van der Waals surface area (Å²) in [5.41, 5.74) is 3.69. The lowest BCUT2D eigenvalue weighted by Gasteiger charge is -2.36. The molecule has 0 saturated heterocycles. The second-order valence-electron chi connectivity index (χ2n) is 14.5. The minimum atomic E-state index is -2.54. The van der Waals surface area contributed by atoms with Crippen LogP contribution in [0.5, 0.6) is 0 Å². The molecule has 42 heavy (non-hydrogen) atoms. The number of hydrogen-bond acceptors (Lipinski definition) is 3. The zero-order valence-electron chi connectivity index (χ0n) is 28.2. The highest BCUT2D eigenvalue weighted by Crippen LogP contribution is 2.47. The van der Waals surface area contributed by atoms with Crippen molar-refractivity contribution in [2.45, 2.75) is 168 Å². The fourth-order valence-electron chi connectivity index (χ4n) is 5.97. The van der Waals surface area contributed by atoms with Crippen LogP contribution in [0.3, 0.4) is 0 Å². The lowest BCUT2D eigenvalue weighted by molar-refractivity contribution is 0.0790. The van der Waals surface area contributed by atoms with Gasteiger partial charge >= 0.3 is 8.60 Å². The first-order valence-corrected chi connectivity index (χ1v) is 18.2. The van der Waals surface area contributed by atoms with Crippen molar-refractivity contribution < 1.29 is 14.3 Å². The standard InChI is InChI=1S/C38H63O3P/c1-8-9-10-11-12-13-14-15-16-17-18-19-20-21-22-31-38(41-42(39)40,34-27-23-32(24-28-34)36(2,3)4)35-29-25-33(26-30-35)37(5,6)7/h23-30,39-40H,8-22,31H2,1-7H3. The molecule has 0 aliphatic rings. The molecule has 0 aliphatic heterocycles. The molecule has 0 spiro atoms. The fraction of sp³-hybridized carbons (Fsp3) is 0.684. The topological polar surface area (TPSA) is 49.7 Å². The van der Waals surface area contributed by atoms with Crippen molar-refractivity contribution in [3.63, 3.8) is 0 Å². The third-order valence-corrected chi connectivity index (χ3v) is 9.28. The molecule has 3 nitrogen and oxygen atoms in total. The predicted molar refractivity (Wildman–Crippen MR) is 183 cm³/mol. The van der Waals surface area contributed by atoms with Gasteiger partial charge in [-0.05, 0) is 45.9 Å². The number of benzene rings is 2. The Hall–Kier alpha value is -1.25. The van der Waals surface area contributed by atoms with Gasteiger partial charge in [-0.1, -0.05) is 187 Å². The molecule has 0 unspecified atom stereocenters. The highest BCUT2D eigenvalue weighted by molar-refractivity contribution is 7.39. The van der Waals surface area contributed by atoms with Crippen molar-refractivity contribution in [2.24, 2.45) is 0 Å². The maximum atomic E-state index is 10.2. The van der Waals surface area contributed by atoms with Gasteiger partial charge in [0.15, 0.2) is 0 Å². The Balaban J connectivity index is 1.99. The van der Waals surface area contributed by atoms with Crippen LogP contribution in [0.2, 0.25) is 0 Å². The van der Waals surface area contributed by atoms with E-state index >= 15 is 0 Å². The van der Waals surface area contributed by atoms with E-state index in [0.29, 0.717) is 0 Å². The third-order valence-electron chi connectivity index (χ3n) is 8.80. The van der Waals surface area contributed by atoms with E-state index in [1.54, 1.807) is 0 Å². The van der Waals surface area contributed by atoms with Crippen molar-refractivity contribution in [3.05, 3.63) is 70.8 Å². The highest BCUT2D eigenvalue weighted by atomic mass is 31.2. The normalized spacial score (nSPS) is 12.8. The first-order chi connectivity index (χ1) is 19.9.